The van der Waals surface area contributed by atoms with Crippen molar-refractivity contribution in [3.63, 3.8) is 0 Å². The van der Waals surface area contributed by atoms with Crippen LogP contribution >= 0.6 is 0 Å². The minimum Gasteiger partial charge on any atom is -0.384 e. The van der Waals surface area contributed by atoms with Gasteiger partial charge in [-0.3, -0.25) is 4.79 Å². The van der Waals surface area contributed by atoms with E-state index in [1.54, 1.807) is 6.08 Å². The number of amides is 1. The fourth-order valence-electron chi connectivity index (χ4n) is 2.48. The zero-order valence-corrected chi connectivity index (χ0v) is 9.10. The molecule has 0 aromatic carbocycles. The van der Waals surface area contributed by atoms with E-state index >= 15 is 0 Å². The average molecular weight is 223 g/mol. The maximum atomic E-state index is 11.3. The van der Waals surface area contributed by atoms with Crippen LogP contribution in [-0.2, 0) is 4.79 Å². The van der Waals surface area contributed by atoms with E-state index in [0.717, 1.165) is 19.3 Å². The van der Waals surface area contributed by atoms with Crippen LogP contribution in [0.2, 0.25) is 0 Å². The first kappa shape index (κ1) is 10.8. The highest BCUT2D eigenvalue weighted by molar-refractivity contribution is 5.83. The number of nitrogens with two attached hydrogens (primary N) is 3. The lowest BCUT2D eigenvalue weighted by Crippen LogP contribution is -2.50. The number of rotatable bonds is 2. The molecule has 1 saturated carbocycles. The van der Waals surface area contributed by atoms with Gasteiger partial charge in [-0.2, -0.15) is 4.99 Å². The number of hydrogen-bond donors (Lipinski definition) is 3. The summed E-state index contributed by atoms with van der Waals surface area (Å²) >= 11 is 0. The summed E-state index contributed by atoms with van der Waals surface area (Å²) in [6, 6.07) is 0.0746. The highest BCUT2D eigenvalue weighted by atomic mass is 16.1. The number of aliphatic imine (C=N–C) groups is 1. The van der Waals surface area contributed by atoms with Crippen LogP contribution in [0.4, 0.5) is 0 Å². The van der Waals surface area contributed by atoms with E-state index in [2.05, 4.69) is 4.99 Å². The van der Waals surface area contributed by atoms with Gasteiger partial charge in [0.05, 0.1) is 5.92 Å². The lowest BCUT2D eigenvalue weighted by molar-refractivity contribution is -0.122. The molecule has 6 heteroatoms. The van der Waals surface area contributed by atoms with Crippen molar-refractivity contribution >= 4 is 11.9 Å². The van der Waals surface area contributed by atoms with Gasteiger partial charge in [0.25, 0.3) is 0 Å². The first-order chi connectivity index (χ1) is 7.59. The van der Waals surface area contributed by atoms with Crippen molar-refractivity contribution in [2.45, 2.75) is 25.3 Å². The van der Waals surface area contributed by atoms with Crippen LogP contribution in [0.1, 0.15) is 19.3 Å². The molecule has 1 aliphatic heterocycles. The van der Waals surface area contributed by atoms with Gasteiger partial charge in [-0.1, -0.05) is 6.42 Å². The quantitative estimate of drug-likeness (QED) is 0.561. The molecule has 1 amide bonds. The van der Waals surface area contributed by atoms with Gasteiger partial charge in [0, 0.05) is 12.6 Å². The number of carbonyl (C=O) groups excluding carboxylic acids is 1. The topological polar surface area (TPSA) is 111 Å². The smallest absolute Gasteiger partial charge is 0.222 e. The zero-order chi connectivity index (χ0) is 11.7. The van der Waals surface area contributed by atoms with Crippen LogP contribution in [0.25, 0.3) is 0 Å². The maximum Gasteiger partial charge on any atom is 0.222 e. The monoisotopic (exact) mass is 223 g/mol. The van der Waals surface area contributed by atoms with E-state index in [9.17, 15) is 4.79 Å². The average Bonchev–Trinajstić information content (AvgIpc) is 2.66. The number of carbonyl (C=O) groups is 1. The molecular weight excluding hydrogens is 206 g/mol. The molecule has 2 atom stereocenters. The Balaban J connectivity index is 2.14. The maximum absolute atomic E-state index is 11.3. The Bertz CT molecular complexity index is 362. The summed E-state index contributed by atoms with van der Waals surface area (Å²) in [6.07, 6.45) is 4.56. The fourth-order valence-corrected chi connectivity index (χ4v) is 2.48. The van der Waals surface area contributed by atoms with Gasteiger partial charge >= 0.3 is 0 Å². The lowest BCUT2D eigenvalue weighted by atomic mass is 10.0. The summed E-state index contributed by atoms with van der Waals surface area (Å²) < 4.78 is 0. The molecule has 0 spiro atoms. The molecule has 0 aromatic heterocycles. The van der Waals surface area contributed by atoms with Crippen molar-refractivity contribution in [1.82, 2.24) is 4.90 Å². The molecule has 6 nitrogen and oxygen atoms in total. The second-order valence-corrected chi connectivity index (χ2v) is 4.26. The van der Waals surface area contributed by atoms with Gasteiger partial charge in [0.1, 0.15) is 5.82 Å². The standard InChI is InChI=1S/C10H17N5O/c11-8-4-5-15(10(13)14-8)7-3-1-2-6(7)9(12)16/h4,6-7H,1-3,5,11H2,(H2,12,16)(H2,13,14). The van der Waals surface area contributed by atoms with Gasteiger partial charge in [0.2, 0.25) is 5.91 Å². The highest BCUT2D eigenvalue weighted by Crippen LogP contribution is 2.30. The molecule has 0 bridgehead atoms. The Morgan fingerprint density at radius 2 is 2.19 bits per heavy atom. The molecule has 2 rings (SSSR count). The van der Waals surface area contributed by atoms with Crippen molar-refractivity contribution in [3.05, 3.63) is 11.9 Å². The predicted octanol–water partition coefficient (Wildman–Crippen LogP) is -0.929. The van der Waals surface area contributed by atoms with Crippen molar-refractivity contribution in [2.24, 2.45) is 28.1 Å². The largest absolute Gasteiger partial charge is 0.384 e. The Morgan fingerprint density at radius 1 is 1.44 bits per heavy atom. The Labute approximate surface area is 94.2 Å². The van der Waals surface area contributed by atoms with Crippen LogP contribution in [0.3, 0.4) is 0 Å². The summed E-state index contributed by atoms with van der Waals surface area (Å²) in [5.41, 5.74) is 16.8. The molecule has 16 heavy (non-hydrogen) atoms. The van der Waals surface area contributed by atoms with Gasteiger partial charge in [0.15, 0.2) is 5.96 Å². The molecule has 0 aromatic rings. The zero-order valence-electron chi connectivity index (χ0n) is 9.10. The normalized spacial score (nSPS) is 29.9. The molecule has 0 saturated heterocycles. The lowest BCUT2D eigenvalue weighted by Gasteiger charge is -2.33. The van der Waals surface area contributed by atoms with E-state index in [4.69, 9.17) is 17.2 Å². The van der Waals surface area contributed by atoms with E-state index in [1.807, 2.05) is 4.90 Å². The third-order valence-corrected chi connectivity index (χ3v) is 3.28. The third-order valence-electron chi connectivity index (χ3n) is 3.28. The Morgan fingerprint density at radius 3 is 2.81 bits per heavy atom. The van der Waals surface area contributed by atoms with Gasteiger partial charge in [-0.25, -0.2) is 0 Å². The highest BCUT2D eigenvalue weighted by Gasteiger charge is 2.36. The summed E-state index contributed by atoms with van der Waals surface area (Å²) in [5.74, 6) is 0.444. The van der Waals surface area contributed by atoms with E-state index in [-0.39, 0.29) is 17.9 Å². The minimum atomic E-state index is -0.252. The molecule has 1 fully saturated rings. The van der Waals surface area contributed by atoms with Crippen molar-refractivity contribution in [2.75, 3.05) is 6.54 Å². The number of guanidine groups is 1. The number of hydrogen-bond acceptors (Lipinski definition) is 5. The van der Waals surface area contributed by atoms with E-state index in [0.29, 0.717) is 18.3 Å². The van der Waals surface area contributed by atoms with Crippen molar-refractivity contribution < 1.29 is 4.79 Å². The van der Waals surface area contributed by atoms with Gasteiger partial charge < -0.3 is 22.1 Å². The van der Waals surface area contributed by atoms with Crippen LogP contribution in [0, 0.1) is 5.92 Å². The molecule has 1 aliphatic carbocycles. The molecule has 0 radical (unpaired) electrons. The van der Waals surface area contributed by atoms with Gasteiger partial charge in [-0.15, -0.1) is 0 Å². The van der Waals surface area contributed by atoms with Crippen LogP contribution in [0.5, 0.6) is 0 Å². The van der Waals surface area contributed by atoms with E-state index < -0.39 is 0 Å². The molecule has 1 heterocycles. The summed E-state index contributed by atoms with van der Waals surface area (Å²) in [4.78, 5) is 17.2. The van der Waals surface area contributed by atoms with Crippen molar-refractivity contribution in [3.8, 4) is 0 Å². The molecule has 2 unspecified atom stereocenters. The second kappa shape index (κ2) is 4.03. The minimum absolute atomic E-state index is 0.0746. The molecule has 6 N–H and O–H groups in total. The van der Waals surface area contributed by atoms with Gasteiger partial charge in [-0.05, 0) is 18.9 Å². The van der Waals surface area contributed by atoms with Crippen molar-refractivity contribution in [1.29, 1.82) is 0 Å². The Kier molecular flexibility index (Phi) is 2.72. The summed E-state index contributed by atoms with van der Waals surface area (Å²) in [6.45, 7) is 0.607. The third kappa shape index (κ3) is 1.82. The first-order valence-electron chi connectivity index (χ1n) is 5.45. The van der Waals surface area contributed by atoms with Crippen LogP contribution in [0.15, 0.2) is 16.9 Å². The Hall–Kier alpha value is -1.72. The molecule has 88 valence electrons. The summed E-state index contributed by atoms with van der Waals surface area (Å²) in [5, 5.41) is 0. The first-order valence-corrected chi connectivity index (χ1v) is 5.45. The fraction of sp³-hybridized carbons (Fsp3) is 0.600. The SMILES string of the molecule is NC(=O)C1CCCC1N1CC=C(N)N=C1N. The van der Waals surface area contributed by atoms with E-state index in [1.165, 1.54) is 0 Å². The number of primary amides is 1. The molecule has 2 aliphatic rings. The molecular formula is C10H17N5O. The summed E-state index contributed by atoms with van der Waals surface area (Å²) in [7, 11) is 0. The number of nitrogens with zero attached hydrogens (tertiary/aromatic N) is 2. The van der Waals surface area contributed by atoms with Crippen LogP contribution < -0.4 is 17.2 Å². The predicted molar refractivity (Wildman–Crippen MR) is 60.9 cm³/mol. The second-order valence-electron chi connectivity index (χ2n) is 4.26. The van der Waals surface area contributed by atoms with Crippen LogP contribution in [-0.4, -0.2) is 29.4 Å².